The average molecular weight is 376 g/mol. The molecule has 0 atom stereocenters. The second-order valence-electron chi connectivity index (χ2n) is 6.56. The van der Waals surface area contributed by atoms with Crippen LogP contribution in [0.1, 0.15) is 5.56 Å². The largest absolute Gasteiger partial charge is 0.508 e. The Hall–Kier alpha value is -3.74. The van der Waals surface area contributed by atoms with Crippen LogP contribution in [0.4, 0.5) is 11.5 Å². The Morgan fingerprint density at radius 3 is 2.50 bits per heavy atom. The molecule has 0 saturated carbocycles. The predicted molar refractivity (Wildman–Crippen MR) is 109 cm³/mol. The molecular weight excluding hydrogens is 356 g/mol. The first kappa shape index (κ1) is 17.7. The highest BCUT2D eigenvalue weighted by Gasteiger charge is 2.14. The topological polar surface area (TPSA) is 81.3 Å². The molecule has 7 nitrogen and oxygen atoms in total. The number of rotatable bonds is 4. The van der Waals surface area contributed by atoms with Gasteiger partial charge in [-0.25, -0.2) is 9.78 Å². The molecule has 0 aliphatic carbocycles. The maximum absolute atomic E-state index is 12.8. The van der Waals surface area contributed by atoms with E-state index in [1.807, 2.05) is 37.3 Å². The summed E-state index contributed by atoms with van der Waals surface area (Å²) in [5, 5.41) is 12.8. The van der Waals surface area contributed by atoms with E-state index in [1.54, 1.807) is 47.7 Å². The maximum Gasteiger partial charge on any atom is 0.333 e. The van der Waals surface area contributed by atoms with Crippen LogP contribution in [0.2, 0.25) is 0 Å². The lowest BCUT2D eigenvalue weighted by Gasteiger charge is -2.10. The van der Waals surface area contributed by atoms with Crippen molar-refractivity contribution >= 4 is 22.5 Å². The molecule has 0 radical (unpaired) electrons. The molecule has 0 unspecified atom stereocenters. The number of phenolic OH excluding ortho intramolecular Hbond substituents is 1. The summed E-state index contributed by atoms with van der Waals surface area (Å²) in [6.45, 7) is 1.90. The third kappa shape index (κ3) is 2.96. The summed E-state index contributed by atoms with van der Waals surface area (Å²) in [6, 6.07) is 14.3. The van der Waals surface area contributed by atoms with Crippen LogP contribution in [-0.2, 0) is 7.05 Å². The molecule has 0 aliphatic heterocycles. The molecular formula is C21H20N4O3. The number of pyridine rings is 1. The van der Waals surface area contributed by atoms with Gasteiger partial charge in [0.1, 0.15) is 17.3 Å². The van der Waals surface area contributed by atoms with E-state index < -0.39 is 0 Å². The summed E-state index contributed by atoms with van der Waals surface area (Å²) in [7, 11) is 3.33. The second-order valence-corrected chi connectivity index (χ2v) is 6.56. The van der Waals surface area contributed by atoms with E-state index >= 15 is 0 Å². The number of aromatic hydroxyl groups is 1. The number of imidazole rings is 1. The highest BCUT2D eigenvalue weighted by molar-refractivity contribution is 5.81. The standard InChI is InChI=1S/C21H20N4O3/c1-13-10-15(26)6-9-17(13)23-20-11-18-19(12-22-20)24(2)21(27)25(18)14-4-7-16(28-3)8-5-14/h4-12,26H,1-3H3,(H,22,23). The number of methoxy groups -OCH3 is 1. The van der Waals surface area contributed by atoms with Crippen LogP contribution in [-0.4, -0.2) is 26.3 Å². The van der Waals surface area contributed by atoms with Gasteiger partial charge >= 0.3 is 5.69 Å². The molecule has 2 heterocycles. The molecule has 7 heteroatoms. The van der Waals surface area contributed by atoms with Crippen molar-refractivity contribution < 1.29 is 9.84 Å². The molecule has 0 saturated heterocycles. The number of fused-ring (bicyclic) bond motifs is 1. The van der Waals surface area contributed by atoms with E-state index in [-0.39, 0.29) is 11.4 Å². The minimum atomic E-state index is -0.153. The molecule has 0 amide bonds. The fraction of sp³-hybridized carbons (Fsp3) is 0.143. The second kappa shape index (κ2) is 6.77. The summed E-state index contributed by atoms with van der Waals surface area (Å²) >= 11 is 0. The van der Waals surface area contributed by atoms with Gasteiger partial charge in [0.05, 0.1) is 30.0 Å². The zero-order chi connectivity index (χ0) is 19.8. The zero-order valence-electron chi connectivity index (χ0n) is 15.8. The SMILES string of the molecule is COc1ccc(-n2c(=O)n(C)c3cnc(Nc4ccc(O)cc4C)cc32)cc1. The number of hydrogen-bond donors (Lipinski definition) is 2. The lowest BCUT2D eigenvalue weighted by Crippen LogP contribution is -2.20. The van der Waals surface area contributed by atoms with Crippen LogP contribution < -0.4 is 15.7 Å². The number of phenols is 1. The van der Waals surface area contributed by atoms with Gasteiger partial charge in [-0.2, -0.15) is 0 Å². The Labute approximate surface area is 161 Å². The first-order valence-corrected chi connectivity index (χ1v) is 8.76. The van der Waals surface area contributed by atoms with Crippen LogP contribution in [0.15, 0.2) is 59.5 Å². The molecule has 2 aromatic heterocycles. The highest BCUT2D eigenvalue weighted by atomic mass is 16.5. The highest BCUT2D eigenvalue weighted by Crippen LogP contribution is 2.26. The van der Waals surface area contributed by atoms with Crippen molar-refractivity contribution in [1.82, 2.24) is 14.1 Å². The van der Waals surface area contributed by atoms with Gasteiger partial charge in [0.15, 0.2) is 0 Å². The third-order valence-electron chi connectivity index (χ3n) is 4.75. The minimum absolute atomic E-state index is 0.153. The van der Waals surface area contributed by atoms with Crippen molar-refractivity contribution in [1.29, 1.82) is 0 Å². The Morgan fingerprint density at radius 2 is 1.82 bits per heavy atom. The minimum Gasteiger partial charge on any atom is -0.508 e. The van der Waals surface area contributed by atoms with E-state index in [0.29, 0.717) is 5.82 Å². The van der Waals surface area contributed by atoms with Crippen LogP contribution >= 0.6 is 0 Å². The molecule has 142 valence electrons. The van der Waals surface area contributed by atoms with Crippen molar-refractivity contribution in [2.75, 3.05) is 12.4 Å². The maximum atomic E-state index is 12.8. The number of ether oxygens (including phenoxy) is 1. The van der Waals surface area contributed by atoms with Crippen LogP contribution in [0.5, 0.6) is 11.5 Å². The number of aryl methyl sites for hydroxylation is 2. The van der Waals surface area contributed by atoms with E-state index in [2.05, 4.69) is 10.3 Å². The van der Waals surface area contributed by atoms with E-state index in [9.17, 15) is 9.90 Å². The van der Waals surface area contributed by atoms with Crippen LogP contribution in [0.25, 0.3) is 16.7 Å². The van der Waals surface area contributed by atoms with Crippen molar-refractivity contribution in [3.8, 4) is 17.2 Å². The predicted octanol–water partition coefficient (Wildman–Crippen LogP) is 3.49. The molecule has 2 N–H and O–H groups in total. The van der Waals surface area contributed by atoms with Gasteiger partial charge in [-0.15, -0.1) is 0 Å². The molecule has 28 heavy (non-hydrogen) atoms. The zero-order valence-corrected chi connectivity index (χ0v) is 15.8. The lowest BCUT2D eigenvalue weighted by atomic mass is 10.2. The van der Waals surface area contributed by atoms with Crippen LogP contribution in [0.3, 0.4) is 0 Å². The van der Waals surface area contributed by atoms with Gasteiger partial charge in [0, 0.05) is 18.8 Å². The summed E-state index contributed by atoms with van der Waals surface area (Å²) < 4.78 is 8.42. The van der Waals surface area contributed by atoms with Gasteiger partial charge < -0.3 is 15.2 Å². The van der Waals surface area contributed by atoms with Crippen molar-refractivity contribution in [3.05, 3.63) is 70.8 Å². The van der Waals surface area contributed by atoms with Crippen molar-refractivity contribution in [3.63, 3.8) is 0 Å². The Bertz CT molecular complexity index is 1220. The number of benzene rings is 2. The third-order valence-corrected chi connectivity index (χ3v) is 4.75. The number of hydrogen-bond acceptors (Lipinski definition) is 5. The number of nitrogens with zero attached hydrogens (tertiary/aromatic N) is 3. The lowest BCUT2D eigenvalue weighted by molar-refractivity contribution is 0.414. The molecule has 0 fully saturated rings. The van der Waals surface area contributed by atoms with Gasteiger partial charge in [-0.1, -0.05) is 0 Å². The number of anilines is 2. The van der Waals surface area contributed by atoms with Crippen molar-refractivity contribution in [2.24, 2.45) is 7.05 Å². The molecule has 0 bridgehead atoms. The molecule has 4 aromatic rings. The Morgan fingerprint density at radius 1 is 1.07 bits per heavy atom. The Kier molecular flexibility index (Phi) is 4.27. The monoisotopic (exact) mass is 376 g/mol. The molecule has 0 spiro atoms. The summed E-state index contributed by atoms with van der Waals surface area (Å²) in [4.78, 5) is 17.3. The first-order valence-electron chi connectivity index (χ1n) is 8.76. The van der Waals surface area contributed by atoms with Gasteiger partial charge in [-0.05, 0) is 55.0 Å². The summed E-state index contributed by atoms with van der Waals surface area (Å²) in [5.74, 6) is 1.54. The molecule has 0 aliphatic rings. The van der Waals surface area contributed by atoms with Gasteiger partial charge in [0.25, 0.3) is 0 Å². The summed E-state index contributed by atoms with van der Waals surface area (Å²) in [5.41, 5.74) is 3.79. The number of aromatic nitrogens is 3. The smallest absolute Gasteiger partial charge is 0.333 e. The van der Waals surface area contributed by atoms with Crippen molar-refractivity contribution in [2.45, 2.75) is 6.92 Å². The Balaban J connectivity index is 1.82. The fourth-order valence-corrected chi connectivity index (χ4v) is 3.21. The molecule has 4 rings (SSSR count). The molecule has 2 aromatic carbocycles. The van der Waals surface area contributed by atoms with E-state index in [1.165, 1.54) is 0 Å². The van der Waals surface area contributed by atoms with E-state index in [4.69, 9.17) is 4.74 Å². The van der Waals surface area contributed by atoms with Gasteiger partial charge in [-0.3, -0.25) is 9.13 Å². The number of nitrogens with one attached hydrogen (secondary N) is 1. The van der Waals surface area contributed by atoms with Crippen LogP contribution in [0, 0.1) is 6.92 Å². The fourth-order valence-electron chi connectivity index (χ4n) is 3.21. The average Bonchev–Trinajstić information content (AvgIpc) is 2.94. The summed E-state index contributed by atoms with van der Waals surface area (Å²) in [6.07, 6.45) is 1.68. The normalized spacial score (nSPS) is 11.0. The van der Waals surface area contributed by atoms with Gasteiger partial charge in [0.2, 0.25) is 0 Å². The first-order chi connectivity index (χ1) is 13.5. The van der Waals surface area contributed by atoms with E-state index in [0.717, 1.165) is 33.7 Å². The quantitative estimate of drug-likeness (QED) is 0.533.